The van der Waals surface area contributed by atoms with Crippen LogP contribution < -0.4 is 14.4 Å². The van der Waals surface area contributed by atoms with Crippen molar-refractivity contribution in [3.8, 4) is 51.3 Å². The van der Waals surface area contributed by atoms with Crippen LogP contribution in [0.25, 0.3) is 61.0 Å². The van der Waals surface area contributed by atoms with Gasteiger partial charge in [-0.15, -0.1) is 0 Å². The van der Waals surface area contributed by atoms with Gasteiger partial charge < -0.3 is 9.47 Å². The van der Waals surface area contributed by atoms with E-state index in [0.717, 1.165) is 95.2 Å². The number of benzene rings is 7. The van der Waals surface area contributed by atoms with Gasteiger partial charge in [-0.25, -0.2) is 9.97 Å². The number of aromatic nitrogens is 3. The highest BCUT2D eigenvalue weighted by Gasteiger charge is 2.34. The van der Waals surface area contributed by atoms with Crippen molar-refractivity contribution in [1.29, 1.82) is 0 Å². The number of fused-ring (bicyclic) bond motifs is 8. The number of hydrogen-bond donors (Lipinski definition) is 0. The first-order valence-electron chi connectivity index (χ1n) is 16.7. The minimum atomic E-state index is 0. The molecule has 242 valence electrons. The van der Waals surface area contributed by atoms with E-state index >= 15 is 0 Å². The van der Waals surface area contributed by atoms with Crippen LogP contribution in [0, 0.1) is 0 Å². The molecular formula is C45H30N4O2. The van der Waals surface area contributed by atoms with Crippen molar-refractivity contribution in [2.45, 2.75) is 7.43 Å². The molecule has 2 aliphatic rings. The molecule has 6 heteroatoms. The molecule has 0 spiro atoms. The molecule has 6 nitrogen and oxygen atoms in total. The molecule has 0 N–H and O–H groups in total. The smallest absolute Gasteiger partial charge is 0.235 e. The summed E-state index contributed by atoms with van der Waals surface area (Å²) in [6.07, 6.45) is 0. The molecule has 9 aromatic rings. The zero-order valence-corrected chi connectivity index (χ0v) is 26.6. The van der Waals surface area contributed by atoms with Crippen LogP contribution in [0.15, 0.2) is 158 Å². The lowest BCUT2D eigenvalue weighted by atomic mass is 10.0. The topological polar surface area (TPSA) is 52.4 Å². The van der Waals surface area contributed by atoms with Crippen molar-refractivity contribution < 1.29 is 9.47 Å². The van der Waals surface area contributed by atoms with Crippen molar-refractivity contribution in [2.24, 2.45) is 0 Å². The van der Waals surface area contributed by atoms with Gasteiger partial charge in [0, 0.05) is 21.7 Å². The Balaban J connectivity index is 0.00000327. The highest BCUT2D eigenvalue weighted by atomic mass is 16.5. The first-order chi connectivity index (χ1) is 24.8. The molecule has 0 saturated carbocycles. The first kappa shape index (κ1) is 29.0. The van der Waals surface area contributed by atoms with E-state index in [-0.39, 0.29) is 7.43 Å². The third kappa shape index (κ3) is 4.30. The van der Waals surface area contributed by atoms with Crippen LogP contribution in [0.4, 0.5) is 17.1 Å². The summed E-state index contributed by atoms with van der Waals surface area (Å²) in [4.78, 5) is 12.6. The van der Waals surface area contributed by atoms with Gasteiger partial charge in [-0.05, 0) is 71.8 Å². The number of rotatable bonds is 3. The Hall–Kier alpha value is -6.92. The maximum atomic E-state index is 6.56. The second-order valence-electron chi connectivity index (χ2n) is 12.6. The number of anilines is 3. The van der Waals surface area contributed by atoms with Crippen LogP contribution in [-0.4, -0.2) is 14.5 Å². The lowest BCUT2D eigenvalue weighted by molar-refractivity contribution is 0.446. The molecule has 2 aliphatic heterocycles. The molecular weight excluding hydrogens is 629 g/mol. The van der Waals surface area contributed by atoms with E-state index in [1.807, 2.05) is 54.6 Å². The Morgan fingerprint density at radius 3 is 1.96 bits per heavy atom. The summed E-state index contributed by atoms with van der Waals surface area (Å²) in [7, 11) is 0. The van der Waals surface area contributed by atoms with E-state index in [2.05, 4.69) is 113 Å². The van der Waals surface area contributed by atoms with E-state index < -0.39 is 0 Å². The van der Waals surface area contributed by atoms with E-state index in [4.69, 9.17) is 19.4 Å². The summed E-state index contributed by atoms with van der Waals surface area (Å²) in [6.45, 7) is 0. The number of nitrogens with zero attached hydrogens (tertiary/aromatic N) is 4. The Kier molecular flexibility index (Phi) is 6.29. The van der Waals surface area contributed by atoms with Gasteiger partial charge in [-0.1, -0.05) is 104 Å². The van der Waals surface area contributed by atoms with E-state index in [0.29, 0.717) is 5.95 Å². The van der Waals surface area contributed by atoms with Gasteiger partial charge in [-0.2, -0.15) is 0 Å². The molecule has 7 aromatic carbocycles. The maximum absolute atomic E-state index is 6.56. The average molecular weight is 659 g/mol. The molecule has 0 unspecified atom stereocenters. The van der Waals surface area contributed by atoms with E-state index in [9.17, 15) is 0 Å². The second kappa shape index (κ2) is 11.1. The molecule has 51 heavy (non-hydrogen) atoms. The largest absolute Gasteiger partial charge is 0.453 e. The molecule has 2 aromatic heterocycles. The van der Waals surface area contributed by atoms with Crippen molar-refractivity contribution in [2.75, 3.05) is 4.90 Å². The molecule has 0 bridgehead atoms. The summed E-state index contributed by atoms with van der Waals surface area (Å²) < 4.78 is 15.0. The Bertz CT molecular complexity index is 2840. The molecule has 0 fully saturated rings. The Morgan fingerprint density at radius 2 is 1.08 bits per heavy atom. The second-order valence-corrected chi connectivity index (χ2v) is 12.6. The maximum Gasteiger partial charge on any atom is 0.235 e. The minimum Gasteiger partial charge on any atom is -0.453 e. The van der Waals surface area contributed by atoms with Gasteiger partial charge in [0.05, 0.1) is 33.6 Å². The number of ether oxygens (including phenoxy) is 2. The standard InChI is InChI=1S/C44H26N4O2.CH4/c1-2-11-27(12-3-1)42-31-14-4-6-15-33(31)45-44(46-42)48-34-16-7-5-13-30(34)32-25-28(21-23-35(32)48)29-22-24-37-41(26-29)50-40-20-10-19-39-43(40)47(37)36-17-8-9-18-38(36)49-39;/h1-26H;1H4. The molecule has 0 amide bonds. The first-order valence-corrected chi connectivity index (χ1v) is 16.7. The van der Waals surface area contributed by atoms with Crippen molar-refractivity contribution in [3.05, 3.63) is 158 Å². The minimum absolute atomic E-state index is 0. The van der Waals surface area contributed by atoms with Crippen LogP contribution >= 0.6 is 0 Å². The van der Waals surface area contributed by atoms with E-state index in [1.165, 1.54) is 0 Å². The predicted octanol–water partition coefficient (Wildman–Crippen LogP) is 12.4. The van der Waals surface area contributed by atoms with Gasteiger partial charge in [0.25, 0.3) is 0 Å². The molecule has 11 rings (SSSR count). The quantitative estimate of drug-likeness (QED) is 0.189. The third-order valence-corrected chi connectivity index (χ3v) is 9.78. The van der Waals surface area contributed by atoms with Gasteiger partial charge >= 0.3 is 0 Å². The lowest BCUT2D eigenvalue weighted by Gasteiger charge is -2.37. The fourth-order valence-electron chi connectivity index (χ4n) is 7.53. The number of hydrogen-bond acceptors (Lipinski definition) is 5. The van der Waals surface area contributed by atoms with Crippen LogP contribution in [0.1, 0.15) is 7.43 Å². The summed E-state index contributed by atoms with van der Waals surface area (Å²) in [5.41, 5.74) is 10.0. The van der Waals surface area contributed by atoms with Crippen LogP contribution in [0.2, 0.25) is 0 Å². The summed E-state index contributed by atoms with van der Waals surface area (Å²) >= 11 is 0. The zero-order chi connectivity index (χ0) is 32.8. The molecule has 0 aliphatic carbocycles. The monoisotopic (exact) mass is 658 g/mol. The van der Waals surface area contributed by atoms with Gasteiger partial charge in [-0.3, -0.25) is 9.47 Å². The fraction of sp³-hybridized carbons (Fsp3) is 0.0222. The van der Waals surface area contributed by atoms with Gasteiger partial charge in [0.15, 0.2) is 23.0 Å². The average Bonchev–Trinajstić information content (AvgIpc) is 3.51. The summed E-state index contributed by atoms with van der Waals surface area (Å²) in [5.74, 6) is 3.81. The number of para-hydroxylation sites is 5. The van der Waals surface area contributed by atoms with Crippen LogP contribution in [0.3, 0.4) is 0 Å². The highest BCUT2D eigenvalue weighted by molar-refractivity contribution is 6.10. The van der Waals surface area contributed by atoms with E-state index in [1.54, 1.807) is 0 Å². The highest BCUT2D eigenvalue weighted by Crippen LogP contribution is 2.59. The molecule has 4 heterocycles. The van der Waals surface area contributed by atoms with Gasteiger partial charge in [0.2, 0.25) is 5.95 Å². The normalized spacial score (nSPS) is 12.4. The molecule has 0 radical (unpaired) electrons. The van der Waals surface area contributed by atoms with Crippen molar-refractivity contribution >= 4 is 49.8 Å². The van der Waals surface area contributed by atoms with Crippen LogP contribution in [0.5, 0.6) is 23.0 Å². The summed E-state index contributed by atoms with van der Waals surface area (Å²) in [6, 6.07) is 54.3. The third-order valence-electron chi connectivity index (χ3n) is 9.78. The molecule has 0 saturated heterocycles. The fourth-order valence-corrected chi connectivity index (χ4v) is 7.53. The summed E-state index contributed by atoms with van der Waals surface area (Å²) in [5, 5.41) is 3.30. The SMILES string of the molecule is C.c1ccc(-c2nc(-n3c4ccccc4c4cc(-c5ccc6c(c5)Oc5cccc7c5N6c5ccccc5O7)ccc43)nc3ccccc23)cc1. The Morgan fingerprint density at radius 1 is 0.431 bits per heavy atom. The molecule has 0 atom stereocenters. The van der Waals surface area contributed by atoms with Gasteiger partial charge in [0.1, 0.15) is 5.69 Å². The predicted molar refractivity (Wildman–Crippen MR) is 206 cm³/mol. The zero-order valence-electron chi connectivity index (χ0n) is 26.6. The van der Waals surface area contributed by atoms with Crippen LogP contribution in [-0.2, 0) is 0 Å². The van der Waals surface area contributed by atoms with Crippen molar-refractivity contribution in [1.82, 2.24) is 14.5 Å². The van der Waals surface area contributed by atoms with Crippen molar-refractivity contribution in [3.63, 3.8) is 0 Å². The lowest BCUT2D eigenvalue weighted by Crippen LogP contribution is -2.20. The Labute approximate surface area is 294 Å².